The molecular formula is C24H17ClN4O2S. The normalized spacial score (nSPS) is 10.6. The fraction of sp³-hybridized carbons (Fsp3) is 0.0833. The second-order valence-electron chi connectivity index (χ2n) is 6.93. The Balaban J connectivity index is 1.61. The molecule has 0 aliphatic carbocycles. The van der Waals surface area contributed by atoms with Gasteiger partial charge in [-0.25, -0.2) is 4.98 Å². The summed E-state index contributed by atoms with van der Waals surface area (Å²) in [6.07, 6.45) is 0. The van der Waals surface area contributed by atoms with Crippen LogP contribution in [0.5, 0.6) is 0 Å². The van der Waals surface area contributed by atoms with Crippen molar-refractivity contribution in [3.63, 3.8) is 0 Å². The van der Waals surface area contributed by atoms with Crippen LogP contribution in [0.4, 0.5) is 5.69 Å². The summed E-state index contributed by atoms with van der Waals surface area (Å²) < 4.78 is 1.58. The monoisotopic (exact) mass is 460 g/mol. The molecule has 0 saturated heterocycles. The van der Waals surface area contributed by atoms with Gasteiger partial charge in [-0.1, -0.05) is 65.8 Å². The molecule has 8 heteroatoms. The van der Waals surface area contributed by atoms with Crippen LogP contribution in [0.1, 0.15) is 11.1 Å². The van der Waals surface area contributed by atoms with Gasteiger partial charge in [-0.05, 0) is 35.9 Å². The van der Waals surface area contributed by atoms with Crippen LogP contribution in [0.25, 0.3) is 10.9 Å². The van der Waals surface area contributed by atoms with Crippen LogP contribution in [0.2, 0.25) is 5.02 Å². The lowest BCUT2D eigenvalue weighted by molar-refractivity contribution is -0.113. The number of carbonyl (C=O) groups is 1. The number of nitrogens with one attached hydrogen (secondary N) is 1. The zero-order chi connectivity index (χ0) is 22.5. The predicted octanol–water partition coefficient (Wildman–Crippen LogP) is 4.70. The number of benzene rings is 3. The standard InChI is InChI=1S/C24H17ClN4O2S/c25-18-11-10-17(13-26)21(12-18)27-22(30)15-32-24-28-20-9-5-4-8-19(20)23(31)29(24)14-16-6-2-1-3-7-16/h1-12H,14-15H2,(H,27,30). The van der Waals surface area contributed by atoms with Crippen molar-refractivity contribution in [2.75, 3.05) is 11.1 Å². The lowest BCUT2D eigenvalue weighted by Crippen LogP contribution is -2.25. The number of anilines is 1. The number of nitriles is 1. The molecule has 3 aromatic carbocycles. The van der Waals surface area contributed by atoms with Crippen molar-refractivity contribution in [2.24, 2.45) is 0 Å². The van der Waals surface area contributed by atoms with Crippen molar-refractivity contribution in [1.29, 1.82) is 5.26 Å². The number of hydrogen-bond donors (Lipinski definition) is 1. The zero-order valence-corrected chi connectivity index (χ0v) is 18.4. The fourth-order valence-electron chi connectivity index (χ4n) is 3.20. The summed E-state index contributed by atoms with van der Waals surface area (Å²) in [6, 6.07) is 23.4. The van der Waals surface area contributed by atoms with Crippen molar-refractivity contribution in [3.8, 4) is 6.07 Å². The first-order valence-electron chi connectivity index (χ1n) is 9.71. The average molecular weight is 461 g/mol. The molecule has 0 aliphatic heterocycles. The summed E-state index contributed by atoms with van der Waals surface area (Å²) in [5.41, 5.74) is 2.03. The van der Waals surface area contributed by atoms with E-state index in [2.05, 4.69) is 10.3 Å². The van der Waals surface area contributed by atoms with Crippen molar-refractivity contribution in [1.82, 2.24) is 9.55 Å². The third-order valence-electron chi connectivity index (χ3n) is 4.72. The van der Waals surface area contributed by atoms with E-state index in [4.69, 9.17) is 11.6 Å². The highest BCUT2D eigenvalue weighted by Gasteiger charge is 2.15. The minimum absolute atomic E-state index is 0.0109. The number of hydrogen-bond acceptors (Lipinski definition) is 5. The number of amides is 1. The van der Waals surface area contributed by atoms with Crippen molar-refractivity contribution < 1.29 is 4.79 Å². The van der Waals surface area contributed by atoms with Crippen LogP contribution in [0, 0.1) is 11.3 Å². The molecule has 6 nitrogen and oxygen atoms in total. The summed E-state index contributed by atoms with van der Waals surface area (Å²) in [5.74, 6) is -0.320. The predicted molar refractivity (Wildman–Crippen MR) is 127 cm³/mol. The zero-order valence-electron chi connectivity index (χ0n) is 16.8. The molecule has 0 fully saturated rings. The molecule has 0 bridgehead atoms. The Kier molecular flexibility index (Phi) is 6.55. The summed E-state index contributed by atoms with van der Waals surface area (Å²) in [4.78, 5) is 30.4. The fourth-order valence-corrected chi connectivity index (χ4v) is 4.17. The van der Waals surface area contributed by atoms with E-state index in [9.17, 15) is 14.9 Å². The second kappa shape index (κ2) is 9.69. The molecule has 1 amide bonds. The maximum absolute atomic E-state index is 13.2. The van der Waals surface area contributed by atoms with Gasteiger partial charge in [0.05, 0.1) is 34.5 Å². The number of para-hydroxylation sites is 1. The molecule has 0 atom stereocenters. The van der Waals surface area contributed by atoms with Crippen LogP contribution in [-0.4, -0.2) is 21.2 Å². The number of carbonyl (C=O) groups excluding carboxylic acids is 1. The first-order chi connectivity index (χ1) is 15.5. The maximum Gasteiger partial charge on any atom is 0.262 e. The maximum atomic E-state index is 13.2. The highest BCUT2D eigenvalue weighted by molar-refractivity contribution is 7.99. The van der Waals surface area contributed by atoms with Gasteiger partial charge in [0.25, 0.3) is 5.56 Å². The summed E-state index contributed by atoms with van der Waals surface area (Å²) in [6.45, 7) is 0.342. The van der Waals surface area contributed by atoms with Crippen LogP contribution in [0.15, 0.2) is 82.7 Å². The molecule has 1 N–H and O–H groups in total. The molecular weight excluding hydrogens is 444 g/mol. The molecule has 0 spiro atoms. The number of halogens is 1. The van der Waals surface area contributed by atoms with Gasteiger partial charge in [0.2, 0.25) is 5.91 Å². The molecule has 158 valence electrons. The van der Waals surface area contributed by atoms with Crippen LogP contribution >= 0.6 is 23.4 Å². The minimum atomic E-state index is -0.331. The third-order valence-corrected chi connectivity index (χ3v) is 5.93. The number of aromatic nitrogens is 2. The van der Waals surface area contributed by atoms with E-state index in [1.807, 2.05) is 42.5 Å². The van der Waals surface area contributed by atoms with Gasteiger partial charge < -0.3 is 5.32 Å². The van der Waals surface area contributed by atoms with E-state index in [-0.39, 0.29) is 17.2 Å². The van der Waals surface area contributed by atoms with Gasteiger partial charge in [-0.3, -0.25) is 14.2 Å². The smallest absolute Gasteiger partial charge is 0.262 e. The molecule has 0 aliphatic rings. The van der Waals surface area contributed by atoms with Gasteiger partial charge in [-0.15, -0.1) is 0 Å². The molecule has 0 radical (unpaired) electrons. The highest BCUT2D eigenvalue weighted by atomic mass is 35.5. The van der Waals surface area contributed by atoms with E-state index in [1.165, 1.54) is 6.07 Å². The molecule has 4 aromatic rings. The molecule has 1 heterocycles. The second-order valence-corrected chi connectivity index (χ2v) is 8.31. The Labute approximate surface area is 193 Å². The summed E-state index contributed by atoms with van der Waals surface area (Å²) in [5, 5.41) is 13.3. The lowest BCUT2D eigenvalue weighted by atomic mass is 10.2. The molecule has 1 aromatic heterocycles. The largest absolute Gasteiger partial charge is 0.324 e. The van der Waals surface area contributed by atoms with E-state index in [1.54, 1.807) is 34.9 Å². The highest BCUT2D eigenvalue weighted by Crippen LogP contribution is 2.22. The number of nitrogens with zero attached hydrogens (tertiary/aromatic N) is 3. The first kappa shape index (κ1) is 21.6. The van der Waals surface area contributed by atoms with Gasteiger partial charge in [-0.2, -0.15) is 5.26 Å². The molecule has 32 heavy (non-hydrogen) atoms. The summed E-state index contributed by atoms with van der Waals surface area (Å²) in [7, 11) is 0. The average Bonchev–Trinajstić information content (AvgIpc) is 2.81. The van der Waals surface area contributed by atoms with Gasteiger partial charge in [0.1, 0.15) is 6.07 Å². The van der Waals surface area contributed by atoms with Crippen LogP contribution < -0.4 is 10.9 Å². The van der Waals surface area contributed by atoms with Crippen LogP contribution in [-0.2, 0) is 11.3 Å². The SMILES string of the molecule is N#Cc1ccc(Cl)cc1NC(=O)CSc1nc2ccccc2c(=O)n1Cc1ccccc1. The molecule has 0 unspecified atom stereocenters. The van der Waals surface area contributed by atoms with Gasteiger partial charge in [0.15, 0.2) is 5.16 Å². The third kappa shape index (κ3) is 4.83. The van der Waals surface area contributed by atoms with Crippen molar-refractivity contribution in [2.45, 2.75) is 11.7 Å². The number of rotatable bonds is 6. The molecule has 4 rings (SSSR count). The molecule has 0 saturated carbocycles. The Bertz CT molecular complexity index is 1400. The number of thioether (sulfide) groups is 1. The number of fused-ring (bicyclic) bond motifs is 1. The van der Waals surface area contributed by atoms with Crippen molar-refractivity contribution in [3.05, 3.63) is 99.3 Å². The van der Waals surface area contributed by atoms with Gasteiger partial charge >= 0.3 is 0 Å². The minimum Gasteiger partial charge on any atom is -0.324 e. The van der Waals surface area contributed by atoms with E-state index in [0.717, 1.165) is 17.3 Å². The van der Waals surface area contributed by atoms with Gasteiger partial charge in [0, 0.05) is 5.02 Å². The lowest BCUT2D eigenvalue weighted by Gasteiger charge is -2.13. The Morgan fingerprint density at radius 2 is 1.84 bits per heavy atom. The van der Waals surface area contributed by atoms with Crippen molar-refractivity contribution >= 4 is 45.9 Å². The Hall–Kier alpha value is -3.60. The van der Waals surface area contributed by atoms with E-state index >= 15 is 0 Å². The summed E-state index contributed by atoms with van der Waals surface area (Å²) >= 11 is 7.15. The van der Waals surface area contributed by atoms with E-state index in [0.29, 0.717) is 38.9 Å². The topological polar surface area (TPSA) is 87.8 Å². The Morgan fingerprint density at radius 3 is 2.62 bits per heavy atom. The Morgan fingerprint density at radius 1 is 1.09 bits per heavy atom. The van der Waals surface area contributed by atoms with E-state index < -0.39 is 0 Å². The quantitative estimate of drug-likeness (QED) is 0.333. The van der Waals surface area contributed by atoms with Crippen LogP contribution in [0.3, 0.4) is 0 Å². The first-order valence-corrected chi connectivity index (χ1v) is 11.1.